The molecule has 3 rings (SSSR count). The van der Waals surface area contributed by atoms with Crippen LogP contribution in [0.15, 0.2) is 24.3 Å². The lowest BCUT2D eigenvalue weighted by molar-refractivity contribution is -0.132. The highest BCUT2D eigenvalue weighted by molar-refractivity contribution is 5.94. The Bertz CT molecular complexity index is 632. The molecule has 6 nitrogen and oxygen atoms in total. The van der Waals surface area contributed by atoms with Gasteiger partial charge >= 0.3 is 0 Å². The van der Waals surface area contributed by atoms with Gasteiger partial charge in [0.1, 0.15) is 0 Å². The van der Waals surface area contributed by atoms with Gasteiger partial charge in [0.25, 0.3) is 0 Å². The van der Waals surface area contributed by atoms with Crippen molar-refractivity contribution >= 4 is 17.5 Å². The number of piperazine rings is 1. The zero-order valence-corrected chi connectivity index (χ0v) is 16.6. The lowest BCUT2D eigenvalue weighted by Gasteiger charge is -2.37. The Morgan fingerprint density at radius 2 is 1.63 bits per heavy atom. The highest BCUT2D eigenvalue weighted by atomic mass is 16.2. The van der Waals surface area contributed by atoms with Gasteiger partial charge in [0.05, 0.1) is 12.6 Å². The molecule has 2 amide bonds. The average molecular weight is 373 g/mol. The monoisotopic (exact) mass is 372 g/mol. The molecule has 148 valence electrons. The van der Waals surface area contributed by atoms with Crippen LogP contribution in [0.1, 0.15) is 32.3 Å². The quantitative estimate of drug-likeness (QED) is 0.828. The van der Waals surface area contributed by atoms with Crippen LogP contribution < -0.4 is 5.32 Å². The van der Waals surface area contributed by atoms with E-state index in [0.717, 1.165) is 64.2 Å². The number of amides is 2. The molecule has 0 unspecified atom stereocenters. The van der Waals surface area contributed by atoms with Crippen molar-refractivity contribution in [2.45, 2.75) is 39.2 Å². The zero-order chi connectivity index (χ0) is 19.2. The average Bonchev–Trinajstić information content (AvgIpc) is 3.23. The maximum absolute atomic E-state index is 12.6. The molecular formula is C21H32N4O2. The van der Waals surface area contributed by atoms with Gasteiger partial charge in [0.15, 0.2) is 0 Å². The van der Waals surface area contributed by atoms with Gasteiger partial charge in [-0.1, -0.05) is 19.1 Å². The molecule has 0 bridgehead atoms. The van der Waals surface area contributed by atoms with Crippen molar-refractivity contribution in [2.75, 3.05) is 51.1 Å². The highest BCUT2D eigenvalue weighted by Crippen LogP contribution is 2.13. The fourth-order valence-corrected chi connectivity index (χ4v) is 3.80. The van der Waals surface area contributed by atoms with Crippen LogP contribution in [0.5, 0.6) is 0 Å². The van der Waals surface area contributed by atoms with E-state index in [1.807, 2.05) is 24.0 Å². The van der Waals surface area contributed by atoms with Crippen LogP contribution in [0, 0.1) is 0 Å². The summed E-state index contributed by atoms with van der Waals surface area (Å²) in [7, 11) is 0. The summed E-state index contributed by atoms with van der Waals surface area (Å²) in [4.78, 5) is 31.3. The fourth-order valence-electron chi connectivity index (χ4n) is 3.80. The number of carbonyl (C=O) groups excluding carboxylic acids is 2. The number of nitrogens with one attached hydrogen (secondary N) is 1. The standard InChI is InChI=1S/C21H32N4O2/c1-3-18-6-8-19(9-7-18)22-21(27)17(2)24-14-12-23(13-15-24)16-20(26)25-10-4-5-11-25/h6-9,17H,3-5,10-16H2,1-2H3,(H,22,27)/t17-/m0/s1. The Balaban J connectivity index is 1.43. The second-order valence-corrected chi connectivity index (χ2v) is 7.62. The van der Waals surface area contributed by atoms with E-state index in [9.17, 15) is 9.59 Å². The first kappa shape index (κ1) is 19.8. The molecule has 0 aliphatic carbocycles. The third-order valence-electron chi connectivity index (χ3n) is 5.78. The molecule has 2 heterocycles. The summed E-state index contributed by atoms with van der Waals surface area (Å²) in [5.74, 6) is 0.281. The van der Waals surface area contributed by atoms with E-state index in [1.165, 1.54) is 5.56 Å². The van der Waals surface area contributed by atoms with E-state index in [0.29, 0.717) is 6.54 Å². The number of hydrogen-bond donors (Lipinski definition) is 1. The van der Waals surface area contributed by atoms with E-state index in [2.05, 4.69) is 34.2 Å². The van der Waals surface area contributed by atoms with Gasteiger partial charge in [-0.25, -0.2) is 0 Å². The molecule has 1 aromatic carbocycles. The van der Waals surface area contributed by atoms with Gasteiger partial charge < -0.3 is 10.2 Å². The number of benzene rings is 1. The first-order chi connectivity index (χ1) is 13.1. The van der Waals surface area contributed by atoms with E-state index < -0.39 is 0 Å². The van der Waals surface area contributed by atoms with Crippen molar-refractivity contribution in [3.8, 4) is 0 Å². The fraction of sp³-hybridized carbons (Fsp3) is 0.619. The first-order valence-corrected chi connectivity index (χ1v) is 10.2. The minimum absolute atomic E-state index is 0.0286. The first-order valence-electron chi connectivity index (χ1n) is 10.2. The zero-order valence-electron chi connectivity index (χ0n) is 16.6. The summed E-state index contributed by atoms with van der Waals surface area (Å²) in [5.41, 5.74) is 2.11. The molecule has 2 fully saturated rings. The van der Waals surface area contributed by atoms with E-state index in [4.69, 9.17) is 0 Å². The summed E-state index contributed by atoms with van der Waals surface area (Å²) < 4.78 is 0. The molecule has 1 N–H and O–H groups in total. The lowest BCUT2D eigenvalue weighted by Crippen LogP contribution is -2.54. The summed E-state index contributed by atoms with van der Waals surface area (Å²) in [6.45, 7) is 9.72. The molecule has 2 aliphatic rings. The number of nitrogens with zero attached hydrogens (tertiary/aromatic N) is 3. The van der Waals surface area contributed by atoms with Crippen LogP contribution in [-0.4, -0.2) is 78.4 Å². The largest absolute Gasteiger partial charge is 0.342 e. The lowest BCUT2D eigenvalue weighted by atomic mass is 10.1. The Morgan fingerprint density at radius 3 is 2.22 bits per heavy atom. The Kier molecular flexibility index (Phi) is 6.85. The van der Waals surface area contributed by atoms with Crippen LogP contribution in [0.4, 0.5) is 5.69 Å². The van der Waals surface area contributed by atoms with Crippen molar-refractivity contribution in [1.82, 2.24) is 14.7 Å². The van der Waals surface area contributed by atoms with E-state index in [-0.39, 0.29) is 17.9 Å². The van der Waals surface area contributed by atoms with Crippen LogP contribution in [0.2, 0.25) is 0 Å². The van der Waals surface area contributed by atoms with Gasteiger partial charge in [-0.3, -0.25) is 19.4 Å². The minimum atomic E-state index is -0.174. The maximum Gasteiger partial charge on any atom is 0.241 e. The normalized spacial score (nSPS) is 19.9. The third-order valence-corrected chi connectivity index (χ3v) is 5.78. The maximum atomic E-state index is 12.6. The van der Waals surface area contributed by atoms with Crippen LogP contribution in [-0.2, 0) is 16.0 Å². The molecule has 27 heavy (non-hydrogen) atoms. The molecular weight excluding hydrogens is 340 g/mol. The molecule has 2 aliphatic heterocycles. The predicted molar refractivity (Wildman–Crippen MR) is 108 cm³/mol. The second kappa shape index (κ2) is 9.33. The molecule has 2 saturated heterocycles. The van der Waals surface area contributed by atoms with Crippen molar-refractivity contribution in [3.05, 3.63) is 29.8 Å². The molecule has 1 atom stereocenters. The van der Waals surface area contributed by atoms with Crippen molar-refractivity contribution in [1.29, 1.82) is 0 Å². The van der Waals surface area contributed by atoms with E-state index >= 15 is 0 Å². The Labute approximate surface area is 162 Å². The number of anilines is 1. The van der Waals surface area contributed by atoms with Crippen molar-refractivity contribution in [3.63, 3.8) is 0 Å². The summed E-state index contributed by atoms with van der Waals surface area (Å²) >= 11 is 0. The van der Waals surface area contributed by atoms with Gasteiger partial charge in [0.2, 0.25) is 11.8 Å². The van der Waals surface area contributed by atoms with Gasteiger partial charge in [0, 0.05) is 45.0 Å². The molecule has 0 spiro atoms. The van der Waals surface area contributed by atoms with Gasteiger partial charge in [-0.05, 0) is 43.9 Å². The minimum Gasteiger partial charge on any atom is -0.342 e. The van der Waals surface area contributed by atoms with E-state index in [1.54, 1.807) is 0 Å². The predicted octanol–water partition coefficient (Wildman–Crippen LogP) is 1.82. The second-order valence-electron chi connectivity index (χ2n) is 7.62. The van der Waals surface area contributed by atoms with Gasteiger partial charge in [-0.15, -0.1) is 0 Å². The number of likely N-dealkylation sites (tertiary alicyclic amines) is 1. The molecule has 0 radical (unpaired) electrons. The molecule has 0 aromatic heterocycles. The number of rotatable bonds is 6. The summed E-state index contributed by atoms with van der Waals surface area (Å²) in [6.07, 6.45) is 3.26. The number of carbonyl (C=O) groups is 2. The van der Waals surface area contributed by atoms with Crippen molar-refractivity contribution in [2.24, 2.45) is 0 Å². The number of aryl methyl sites for hydroxylation is 1. The summed E-state index contributed by atoms with van der Waals surface area (Å²) in [5, 5.41) is 3.02. The summed E-state index contributed by atoms with van der Waals surface area (Å²) in [6, 6.07) is 7.86. The van der Waals surface area contributed by atoms with Crippen LogP contribution >= 0.6 is 0 Å². The van der Waals surface area contributed by atoms with Crippen LogP contribution in [0.3, 0.4) is 0 Å². The molecule has 1 aromatic rings. The molecule has 0 saturated carbocycles. The SMILES string of the molecule is CCc1ccc(NC(=O)[C@H](C)N2CCN(CC(=O)N3CCCC3)CC2)cc1. The number of hydrogen-bond acceptors (Lipinski definition) is 4. The van der Waals surface area contributed by atoms with Crippen LogP contribution in [0.25, 0.3) is 0 Å². The smallest absolute Gasteiger partial charge is 0.241 e. The van der Waals surface area contributed by atoms with Crippen molar-refractivity contribution < 1.29 is 9.59 Å². The molecule has 6 heteroatoms. The highest BCUT2D eigenvalue weighted by Gasteiger charge is 2.27. The Morgan fingerprint density at radius 1 is 1.00 bits per heavy atom. The third kappa shape index (κ3) is 5.30. The van der Waals surface area contributed by atoms with Gasteiger partial charge in [-0.2, -0.15) is 0 Å². The Hall–Kier alpha value is -1.92. The topological polar surface area (TPSA) is 55.9 Å².